The van der Waals surface area contributed by atoms with Gasteiger partial charge in [0.1, 0.15) is 0 Å². The molecule has 2 N–H and O–H groups in total. The maximum absolute atomic E-state index is 10.4. The first kappa shape index (κ1) is 22.6. The molecule has 3 nitrogen and oxygen atoms in total. The first-order chi connectivity index (χ1) is 2.00. The Balaban J connectivity index is -0.0000000133. The van der Waals surface area contributed by atoms with Gasteiger partial charge in [-0.3, -0.25) is 9.79 Å². The molecule has 0 fully saturated rings. The summed E-state index contributed by atoms with van der Waals surface area (Å²) in [7, 11) is -5.14. The minimum Gasteiger partial charge on any atom is -1.00 e. The van der Waals surface area contributed by atoms with Crippen molar-refractivity contribution in [2.24, 2.45) is 0 Å². The Morgan fingerprint density at radius 3 is 1.50 bits per heavy atom. The second-order valence-electron chi connectivity index (χ2n) is 0.473. The molecule has 0 unspecified atom stereocenters. The van der Waals surface area contributed by atoms with E-state index in [2.05, 4.69) is 0 Å². The maximum atomic E-state index is 10.4. The van der Waals surface area contributed by atoms with Gasteiger partial charge in [-0.1, -0.05) is 7.43 Å². The molecule has 0 spiro atoms. The largest absolute Gasteiger partial charge is 1.00 e. The SMILES string of the molecule is C.O=P(O)(O)F.[H-].[Mn].[Na+]. The third kappa shape index (κ3) is 129. The summed E-state index contributed by atoms with van der Waals surface area (Å²) >= 11 is 0. The molecule has 0 heterocycles. The molecule has 0 saturated carbocycles. The minimum absolute atomic E-state index is 0. The van der Waals surface area contributed by atoms with Gasteiger partial charge in [0.05, 0.1) is 0 Å². The first-order valence-electron chi connectivity index (χ1n) is 0.752. The molecule has 0 aromatic heterocycles. The molecule has 0 saturated heterocycles. The maximum Gasteiger partial charge on any atom is 1.00 e. The Kier molecular flexibility index (Phi) is 24.3. The van der Waals surface area contributed by atoms with E-state index in [0.29, 0.717) is 0 Å². The average molecular weight is 195 g/mol. The normalized spacial score (nSPS) is 7.38. The third-order valence-corrected chi connectivity index (χ3v) is 0. The van der Waals surface area contributed by atoms with Gasteiger partial charge in [0.15, 0.2) is 0 Å². The van der Waals surface area contributed by atoms with Crippen LogP contribution < -0.4 is 29.6 Å². The van der Waals surface area contributed by atoms with Gasteiger partial charge >= 0.3 is 37.5 Å². The number of hydrogen-bond acceptors (Lipinski definition) is 1. The van der Waals surface area contributed by atoms with Gasteiger partial charge in [0.2, 0.25) is 0 Å². The Morgan fingerprint density at radius 1 is 1.50 bits per heavy atom. The Labute approximate surface area is 81.6 Å². The summed E-state index contributed by atoms with van der Waals surface area (Å²) in [5.74, 6) is 0. The van der Waals surface area contributed by atoms with Gasteiger partial charge in [0.25, 0.3) is 0 Å². The van der Waals surface area contributed by atoms with Crippen molar-refractivity contribution in [2.45, 2.75) is 7.43 Å². The quantitative estimate of drug-likeness (QED) is 0.340. The van der Waals surface area contributed by atoms with Crippen molar-refractivity contribution in [3.05, 3.63) is 0 Å². The van der Waals surface area contributed by atoms with Gasteiger partial charge in [0, 0.05) is 17.1 Å². The second kappa shape index (κ2) is 8.60. The summed E-state index contributed by atoms with van der Waals surface area (Å²) in [4.78, 5) is 13.9. The van der Waals surface area contributed by atoms with E-state index in [4.69, 9.17) is 14.4 Å². The predicted molar refractivity (Wildman–Crippen MR) is 21.0 cm³/mol. The van der Waals surface area contributed by atoms with Crippen LogP contribution in [-0.4, -0.2) is 9.79 Å². The molecule has 0 atom stereocenters. The van der Waals surface area contributed by atoms with E-state index in [1.54, 1.807) is 0 Å². The molecule has 7 heteroatoms. The van der Waals surface area contributed by atoms with E-state index in [9.17, 15) is 4.20 Å². The van der Waals surface area contributed by atoms with Gasteiger partial charge < -0.3 is 1.43 Å². The zero-order chi connectivity index (χ0) is 4.50. The van der Waals surface area contributed by atoms with Crippen LogP contribution >= 0.6 is 7.91 Å². The zero-order valence-electron chi connectivity index (χ0n) is 4.51. The van der Waals surface area contributed by atoms with E-state index in [-0.39, 0.29) is 55.5 Å². The molecule has 49 valence electrons. The smallest absolute Gasteiger partial charge is 1.00 e. The summed E-state index contributed by atoms with van der Waals surface area (Å²) in [6.07, 6.45) is 0. The van der Waals surface area contributed by atoms with Crippen LogP contribution in [0.2, 0.25) is 0 Å². The van der Waals surface area contributed by atoms with Gasteiger partial charge in [-0.15, -0.1) is 4.20 Å². The minimum atomic E-state index is -5.14. The number of hydrogen-bond donors (Lipinski definition) is 2. The van der Waals surface area contributed by atoms with Crippen molar-refractivity contribution in [1.29, 1.82) is 0 Å². The van der Waals surface area contributed by atoms with Crippen LogP contribution in [0.25, 0.3) is 0 Å². The van der Waals surface area contributed by atoms with Crippen LogP contribution in [0.1, 0.15) is 8.85 Å². The Morgan fingerprint density at radius 2 is 1.50 bits per heavy atom. The molecule has 8 heavy (non-hydrogen) atoms. The van der Waals surface area contributed by atoms with Crippen LogP contribution in [0.4, 0.5) is 4.20 Å². The molecular weight excluding hydrogens is 188 g/mol. The molecule has 0 bridgehead atoms. The molecule has 0 aromatic rings. The van der Waals surface area contributed by atoms with Crippen LogP contribution in [0.3, 0.4) is 0 Å². The monoisotopic (exact) mass is 195 g/mol. The first-order valence-corrected chi connectivity index (χ1v) is 2.25. The van der Waals surface area contributed by atoms with Crippen molar-refractivity contribution in [2.75, 3.05) is 0 Å². The summed E-state index contributed by atoms with van der Waals surface area (Å²) < 4.78 is 19.0. The summed E-state index contributed by atoms with van der Waals surface area (Å²) in [6.45, 7) is 0. The fraction of sp³-hybridized carbons (Fsp3) is 1.00. The van der Waals surface area contributed by atoms with Gasteiger partial charge in [-0.25, -0.2) is 4.57 Å². The second-order valence-corrected chi connectivity index (χ2v) is 1.42. The third-order valence-electron chi connectivity index (χ3n) is 0. The van der Waals surface area contributed by atoms with Crippen molar-refractivity contribution < 1.29 is 66.6 Å². The molecule has 0 aliphatic heterocycles. The molecule has 0 rings (SSSR count). The van der Waals surface area contributed by atoms with E-state index in [1.165, 1.54) is 0 Å². The number of rotatable bonds is 0. The summed E-state index contributed by atoms with van der Waals surface area (Å²) in [5.41, 5.74) is 0. The zero-order valence-corrected chi connectivity index (χ0v) is 7.58. The van der Waals surface area contributed by atoms with E-state index >= 15 is 0 Å². The molecule has 1 radical (unpaired) electrons. The summed E-state index contributed by atoms with van der Waals surface area (Å²) in [5, 5.41) is 0. The Hall–Kier alpha value is 1.60. The van der Waals surface area contributed by atoms with E-state index in [0.717, 1.165) is 0 Å². The van der Waals surface area contributed by atoms with Crippen LogP contribution in [0.5, 0.6) is 0 Å². The molecular formula is CH7FMnNaO3P. The van der Waals surface area contributed by atoms with Crippen LogP contribution in [0.15, 0.2) is 0 Å². The predicted octanol–water partition coefficient (Wildman–Crippen LogP) is -2.20. The topological polar surface area (TPSA) is 57.5 Å². The van der Waals surface area contributed by atoms with Crippen molar-refractivity contribution >= 4 is 7.91 Å². The average Bonchev–Trinajstić information content (AvgIpc) is 0.722. The Bertz CT molecular complexity index is 69.9. The molecule has 0 amide bonds. The van der Waals surface area contributed by atoms with Crippen LogP contribution in [-0.2, 0) is 21.6 Å². The fourth-order valence-corrected chi connectivity index (χ4v) is 0. The van der Waals surface area contributed by atoms with Crippen LogP contribution in [0, 0.1) is 0 Å². The van der Waals surface area contributed by atoms with Crippen molar-refractivity contribution in [3.63, 3.8) is 0 Å². The van der Waals surface area contributed by atoms with Gasteiger partial charge in [-0.05, 0) is 0 Å². The van der Waals surface area contributed by atoms with E-state index in [1.807, 2.05) is 0 Å². The van der Waals surface area contributed by atoms with Crippen molar-refractivity contribution in [3.8, 4) is 0 Å². The molecule has 0 aliphatic rings. The summed E-state index contributed by atoms with van der Waals surface area (Å²) in [6, 6.07) is 0. The number of halogens is 1. The standard InChI is InChI=1S/CH4.FH2O3P.Mn.Na.H/c;1-5(2,3)4;;;/h1H4;(H2,2,3,4);;;/q;;;+1;-1. The fourth-order valence-electron chi connectivity index (χ4n) is 0. The molecule has 0 aliphatic carbocycles. The van der Waals surface area contributed by atoms with E-state index < -0.39 is 7.91 Å². The van der Waals surface area contributed by atoms with Gasteiger partial charge in [-0.2, -0.15) is 0 Å². The van der Waals surface area contributed by atoms with Crippen molar-refractivity contribution in [1.82, 2.24) is 0 Å². The molecule has 0 aromatic carbocycles.